The van der Waals surface area contributed by atoms with Crippen LogP contribution in [0.2, 0.25) is 0 Å². The fourth-order valence-corrected chi connectivity index (χ4v) is 1.71. The highest BCUT2D eigenvalue weighted by Crippen LogP contribution is 2.34. The Bertz CT molecular complexity index is 389. The molecule has 0 saturated carbocycles. The molecule has 86 valence electrons. The first-order valence-corrected chi connectivity index (χ1v) is 5.29. The van der Waals surface area contributed by atoms with Crippen LogP contribution in [0, 0.1) is 0 Å². The number of hydrogen-bond donors (Lipinski definition) is 0. The summed E-state index contributed by atoms with van der Waals surface area (Å²) in [6.07, 6.45) is 0.567. The summed E-state index contributed by atoms with van der Waals surface area (Å²) in [5, 5.41) is 8.18. The highest BCUT2D eigenvalue weighted by molar-refractivity contribution is 5.16. The Kier molecular flexibility index (Phi) is 2.78. The first kappa shape index (κ1) is 11.2. The predicted molar refractivity (Wildman–Crippen MR) is 59.9 cm³/mol. The third-order valence-electron chi connectivity index (χ3n) is 2.44. The van der Waals surface area contributed by atoms with Gasteiger partial charge in [-0.05, 0) is 19.4 Å². The van der Waals surface area contributed by atoms with Gasteiger partial charge in [-0.15, -0.1) is 5.11 Å². The van der Waals surface area contributed by atoms with Crippen LogP contribution in [0.5, 0.6) is 0 Å². The highest BCUT2D eigenvalue weighted by Gasteiger charge is 2.43. The van der Waals surface area contributed by atoms with E-state index in [1.807, 2.05) is 44.2 Å². The van der Waals surface area contributed by atoms with Crippen molar-refractivity contribution >= 4 is 0 Å². The average molecular weight is 220 g/mol. The van der Waals surface area contributed by atoms with Crippen molar-refractivity contribution in [3.05, 3.63) is 35.9 Å². The molecule has 1 unspecified atom stereocenters. The lowest BCUT2D eigenvalue weighted by Gasteiger charge is -2.26. The average Bonchev–Trinajstić information content (AvgIpc) is 2.57. The van der Waals surface area contributed by atoms with Gasteiger partial charge in [0.25, 0.3) is 5.91 Å². The number of hydrogen-bond acceptors (Lipinski definition) is 4. The molecule has 1 heterocycles. The van der Waals surface area contributed by atoms with Crippen molar-refractivity contribution in [3.8, 4) is 0 Å². The lowest BCUT2D eigenvalue weighted by Crippen LogP contribution is -2.37. The van der Waals surface area contributed by atoms with Gasteiger partial charge in [-0.25, -0.2) is 0 Å². The van der Waals surface area contributed by atoms with Gasteiger partial charge in [0.05, 0.1) is 6.42 Å². The maximum absolute atomic E-state index is 5.73. The van der Waals surface area contributed by atoms with Gasteiger partial charge in [0.15, 0.2) is 5.72 Å². The third kappa shape index (κ3) is 2.28. The second-order valence-electron chi connectivity index (χ2n) is 4.33. The zero-order chi connectivity index (χ0) is 11.6. The predicted octanol–water partition coefficient (Wildman–Crippen LogP) is 2.75. The SMILES string of the molecule is COC1(Cc2ccccc2)N=NC(C)(C)O1. The molecule has 4 nitrogen and oxygen atoms in total. The molecule has 16 heavy (non-hydrogen) atoms. The van der Waals surface area contributed by atoms with Crippen LogP contribution in [-0.4, -0.2) is 18.7 Å². The summed E-state index contributed by atoms with van der Waals surface area (Å²) in [6.45, 7) is 3.73. The zero-order valence-electron chi connectivity index (χ0n) is 9.80. The van der Waals surface area contributed by atoms with Gasteiger partial charge in [0.2, 0.25) is 0 Å². The van der Waals surface area contributed by atoms with Crippen LogP contribution < -0.4 is 0 Å². The van der Waals surface area contributed by atoms with E-state index < -0.39 is 11.6 Å². The molecule has 1 atom stereocenters. The summed E-state index contributed by atoms with van der Waals surface area (Å²) in [6, 6.07) is 9.98. The summed E-state index contributed by atoms with van der Waals surface area (Å²) < 4.78 is 11.1. The summed E-state index contributed by atoms with van der Waals surface area (Å²) in [4.78, 5) is 0. The molecule has 1 aromatic carbocycles. The molecule has 0 N–H and O–H groups in total. The van der Waals surface area contributed by atoms with Crippen LogP contribution >= 0.6 is 0 Å². The smallest absolute Gasteiger partial charge is 0.293 e. The minimum Gasteiger partial charge on any atom is -0.333 e. The molecule has 4 heteroatoms. The Labute approximate surface area is 95.3 Å². The molecular formula is C12H16N2O2. The molecule has 1 aliphatic rings. The van der Waals surface area contributed by atoms with Crippen LogP contribution in [0.3, 0.4) is 0 Å². The van der Waals surface area contributed by atoms with E-state index in [0.717, 1.165) is 5.56 Å². The molecule has 0 aliphatic carbocycles. The number of nitrogens with zero attached hydrogens (tertiary/aromatic N) is 2. The molecule has 0 amide bonds. The number of azo groups is 1. The van der Waals surface area contributed by atoms with Crippen molar-refractivity contribution in [1.29, 1.82) is 0 Å². The van der Waals surface area contributed by atoms with E-state index in [9.17, 15) is 0 Å². The zero-order valence-corrected chi connectivity index (χ0v) is 9.80. The summed E-state index contributed by atoms with van der Waals surface area (Å²) in [7, 11) is 1.59. The van der Waals surface area contributed by atoms with Crippen molar-refractivity contribution in [2.24, 2.45) is 10.2 Å². The van der Waals surface area contributed by atoms with E-state index in [1.165, 1.54) is 0 Å². The molecule has 0 bridgehead atoms. The molecule has 0 fully saturated rings. The minimum absolute atomic E-state index is 0.567. The van der Waals surface area contributed by atoms with Gasteiger partial charge < -0.3 is 9.47 Å². The van der Waals surface area contributed by atoms with Gasteiger partial charge in [-0.1, -0.05) is 30.3 Å². The Hall–Kier alpha value is -1.26. The Morgan fingerprint density at radius 3 is 2.38 bits per heavy atom. The lowest BCUT2D eigenvalue weighted by atomic mass is 10.1. The van der Waals surface area contributed by atoms with Gasteiger partial charge in [-0.2, -0.15) is 5.11 Å². The van der Waals surface area contributed by atoms with E-state index >= 15 is 0 Å². The first-order chi connectivity index (χ1) is 7.55. The fourth-order valence-electron chi connectivity index (χ4n) is 1.71. The fraction of sp³-hybridized carbons (Fsp3) is 0.500. The topological polar surface area (TPSA) is 43.2 Å². The molecular weight excluding hydrogens is 204 g/mol. The minimum atomic E-state index is -0.967. The van der Waals surface area contributed by atoms with Crippen LogP contribution in [0.15, 0.2) is 40.6 Å². The molecule has 1 aliphatic heterocycles. The largest absolute Gasteiger partial charge is 0.333 e. The number of methoxy groups -OCH3 is 1. The summed E-state index contributed by atoms with van der Waals surface area (Å²) >= 11 is 0. The van der Waals surface area contributed by atoms with E-state index in [1.54, 1.807) is 7.11 Å². The van der Waals surface area contributed by atoms with Gasteiger partial charge in [-0.3, -0.25) is 0 Å². The van der Waals surface area contributed by atoms with E-state index in [0.29, 0.717) is 6.42 Å². The van der Waals surface area contributed by atoms with Crippen molar-refractivity contribution in [3.63, 3.8) is 0 Å². The quantitative estimate of drug-likeness (QED) is 0.786. The Balaban J connectivity index is 2.17. The standard InChI is InChI=1S/C12H16N2O2/c1-11(2)13-14-12(15-3,16-11)9-10-7-5-4-6-8-10/h4-8H,9H2,1-3H3. The van der Waals surface area contributed by atoms with Crippen molar-refractivity contribution < 1.29 is 9.47 Å². The Morgan fingerprint density at radius 1 is 1.19 bits per heavy atom. The van der Waals surface area contributed by atoms with Crippen LogP contribution in [0.4, 0.5) is 0 Å². The molecule has 0 aromatic heterocycles. The number of benzene rings is 1. The molecule has 2 rings (SSSR count). The van der Waals surface area contributed by atoms with Crippen molar-refractivity contribution in [1.82, 2.24) is 0 Å². The number of ether oxygens (including phenoxy) is 2. The maximum atomic E-state index is 5.73. The Morgan fingerprint density at radius 2 is 1.88 bits per heavy atom. The normalized spacial score (nSPS) is 27.2. The molecule has 0 saturated heterocycles. The molecule has 0 radical (unpaired) electrons. The van der Waals surface area contributed by atoms with Gasteiger partial charge in [0, 0.05) is 7.11 Å². The summed E-state index contributed by atoms with van der Waals surface area (Å²) in [5.74, 6) is -0.967. The number of rotatable bonds is 3. The second kappa shape index (κ2) is 3.96. The second-order valence-corrected chi connectivity index (χ2v) is 4.33. The van der Waals surface area contributed by atoms with Gasteiger partial charge >= 0.3 is 0 Å². The monoisotopic (exact) mass is 220 g/mol. The third-order valence-corrected chi connectivity index (χ3v) is 2.44. The molecule has 0 spiro atoms. The van der Waals surface area contributed by atoms with Gasteiger partial charge in [0.1, 0.15) is 0 Å². The van der Waals surface area contributed by atoms with E-state index in [2.05, 4.69) is 10.2 Å². The first-order valence-electron chi connectivity index (χ1n) is 5.29. The lowest BCUT2D eigenvalue weighted by molar-refractivity contribution is -0.237. The van der Waals surface area contributed by atoms with Crippen LogP contribution in [-0.2, 0) is 15.9 Å². The molecule has 1 aromatic rings. The van der Waals surface area contributed by atoms with E-state index in [4.69, 9.17) is 9.47 Å². The van der Waals surface area contributed by atoms with Crippen LogP contribution in [0.25, 0.3) is 0 Å². The van der Waals surface area contributed by atoms with Crippen molar-refractivity contribution in [2.45, 2.75) is 31.9 Å². The van der Waals surface area contributed by atoms with E-state index in [-0.39, 0.29) is 0 Å². The van der Waals surface area contributed by atoms with Crippen molar-refractivity contribution in [2.75, 3.05) is 7.11 Å². The highest BCUT2D eigenvalue weighted by atomic mass is 16.7. The maximum Gasteiger partial charge on any atom is 0.293 e. The van der Waals surface area contributed by atoms with Crippen LogP contribution in [0.1, 0.15) is 19.4 Å². The summed E-state index contributed by atoms with van der Waals surface area (Å²) in [5.41, 5.74) is 0.506.